The molecule has 0 unspecified atom stereocenters. The summed E-state index contributed by atoms with van der Waals surface area (Å²) in [5, 5.41) is 0. The van der Waals surface area contributed by atoms with Crippen LogP contribution in [-0.2, 0) is 5.75 Å². The van der Waals surface area contributed by atoms with Gasteiger partial charge in [0.25, 0.3) is 0 Å². The van der Waals surface area contributed by atoms with Crippen molar-refractivity contribution in [2.75, 3.05) is 7.11 Å². The zero-order valence-corrected chi connectivity index (χ0v) is 13.8. The van der Waals surface area contributed by atoms with E-state index in [0.29, 0.717) is 0 Å². The van der Waals surface area contributed by atoms with Gasteiger partial charge in [0.15, 0.2) is 0 Å². The smallest absolute Gasteiger partial charge is 0.133 e. The molecule has 4 heteroatoms. The van der Waals surface area contributed by atoms with Crippen molar-refractivity contribution in [2.24, 2.45) is 0 Å². The van der Waals surface area contributed by atoms with Gasteiger partial charge in [-0.2, -0.15) is 0 Å². The second kappa shape index (κ2) is 6.64. The van der Waals surface area contributed by atoms with E-state index in [2.05, 4.69) is 62.2 Å². The van der Waals surface area contributed by atoms with E-state index in [1.54, 1.807) is 7.11 Å². The molecule has 0 aliphatic rings. The van der Waals surface area contributed by atoms with Crippen LogP contribution >= 0.6 is 43.6 Å². The number of methoxy groups -OCH3 is 1. The Morgan fingerprint density at radius 2 is 1.83 bits per heavy atom. The van der Waals surface area contributed by atoms with Crippen LogP contribution in [-0.4, -0.2) is 7.11 Å². The number of ether oxygens (including phenoxy) is 1. The van der Waals surface area contributed by atoms with Crippen molar-refractivity contribution in [1.82, 2.24) is 0 Å². The van der Waals surface area contributed by atoms with Crippen LogP contribution in [0.15, 0.2) is 56.3 Å². The highest BCUT2D eigenvalue weighted by atomic mass is 79.9. The average molecular weight is 388 g/mol. The average Bonchev–Trinajstić information content (AvgIpc) is 2.38. The van der Waals surface area contributed by atoms with Crippen molar-refractivity contribution in [2.45, 2.75) is 10.6 Å². The lowest BCUT2D eigenvalue weighted by Gasteiger charge is -2.07. The molecule has 0 aliphatic heterocycles. The highest BCUT2D eigenvalue weighted by molar-refractivity contribution is 9.10. The summed E-state index contributed by atoms with van der Waals surface area (Å²) in [6.07, 6.45) is 0. The fraction of sp³-hybridized carbons (Fsp3) is 0.143. The summed E-state index contributed by atoms with van der Waals surface area (Å²) in [5.41, 5.74) is 1.27. The van der Waals surface area contributed by atoms with Gasteiger partial charge >= 0.3 is 0 Å². The molecule has 94 valence electrons. The Morgan fingerprint density at radius 3 is 2.50 bits per heavy atom. The van der Waals surface area contributed by atoms with E-state index in [1.807, 2.05) is 23.9 Å². The molecule has 0 spiro atoms. The molecule has 2 aromatic carbocycles. The first-order chi connectivity index (χ1) is 8.70. The maximum atomic E-state index is 5.22. The van der Waals surface area contributed by atoms with Gasteiger partial charge < -0.3 is 4.74 Å². The zero-order valence-electron chi connectivity index (χ0n) is 9.82. The molecule has 0 N–H and O–H groups in total. The molecular weight excluding hydrogens is 376 g/mol. The second-order valence-corrected chi connectivity index (χ2v) is 6.41. The summed E-state index contributed by atoms with van der Waals surface area (Å²) >= 11 is 8.88. The fourth-order valence-corrected chi connectivity index (χ4v) is 3.62. The second-order valence-electron chi connectivity index (χ2n) is 3.69. The molecule has 0 amide bonds. The number of hydrogen-bond acceptors (Lipinski definition) is 2. The molecule has 0 saturated carbocycles. The number of rotatable bonds is 4. The van der Waals surface area contributed by atoms with Crippen LogP contribution in [0, 0.1) is 0 Å². The minimum absolute atomic E-state index is 0.865. The Bertz CT molecular complexity index is 543. The van der Waals surface area contributed by atoms with Gasteiger partial charge in [-0.25, -0.2) is 0 Å². The molecule has 0 atom stereocenters. The maximum Gasteiger partial charge on any atom is 0.133 e. The normalized spacial score (nSPS) is 10.4. The quantitative estimate of drug-likeness (QED) is 0.639. The molecule has 0 aliphatic carbocycles. The number of hydrogen-bond donors (Lipinski definition) is 0. The molecule has 0 bridgehead atoms. The van der Waals surface area contributed by atoms with Gasteiger partial charge in [-0.1, -0.05) is 18.2 Å². The van der Waals surface area contributed by atoms with E-state index in [0.717, 1.165) is 20.4 Å². The molecule has 2 aromatic rings. The number of thioether (sulfide) groups is 1. The minimum Gasteiger partial charge on any atom is -0.496 e. The minimum atomic E-state index is 0.865. The van der Waals surface area contributed by atoms with Crippen molar-refractivity contribution < 1.29 is 4.74 Å². The van der Waals surface area contributed by atoms with E-state index in [4.69, 9.17) is 4.74 Å². The van der Waals surface area contributed by atoms with Crippen LogP contribution in [0.4, 0.5) is 0 Å². The third kappa shape index (κ3) is 3.53. The van der Waals surface area contributed by atoms with Gasteiger partial charge in [0.05, 0.1) is 11.6 Å². The van der Waals surface area contributed by atoms with Crippen LogP contribution in [0.2, 0.25) is 0 Å². The zero-order chi connectivity index (χ0) is 13.0. The largest absolute Gasteiger partial charge is 0.496 e. The lowest BCUT2D eigenvalue weighted by molar-refractivity contribution is 0.412. The third-order valence-corrected chi connectivity index (χ3v) is 5.17. The van der Waals surface area contributed by atoms with Crippen LogP contribution in [0.5, 0.6) is 5.75 Å². The fourth-order valence-electron chi connectivity index (χ4n) is 1.52. The molecule has 0 saturated heterocycles. The Labute approximate surface area is 128 Å². The van der Waals surface area contributed by atoms with Crippen molar-refractivity contribution in [3.8, 4) is 5.75 Å². The highest BCUT2D eigenvalue weighted by Gasteiger charge is 2.03. The monoisotopic (exact) mass is 386 g/mol. The third-order valence-electron chi connectivity index (χ3n) is 2.45. The number of benzene rings is 2. The number of halogens is 2. The molecule has 0 fully saturated rings. The van der Waals surface area contributed by atoms with Gasteiger partial charge in [-0.15, -0.1) is 11.8 Å². The molecule has 1 nitrogen and oxygen atoms in total. The summed E-state index contributed by atoms with van der Waals surface area (Å²) in [6.45, 7) is 0. The first-order valence-electron chi connectivity index (χ1n) is 5.40. The van der Waals surface area contributed by atoms with Gasteiger partial charge in [0, 0.05) is 15.1 Å². The Morgan fingerprint density at radius 1 is 1.06 bits per heavy atom. The summed E-state index contributed by atoms with van der Waals surface area (Å²) in [4.78, 5) is 1.25. The Kier molecular flexibility index (Phi) is 5.15. The lowest BCUT2D eigenvalue weighted by Crippen LogP contribution is -1.87. The van der Waals surface area contributed by atoms with Crippen LogP contribution in [0.1, 0.15) is 5.56 Å². The topological polar surface area (TPSA) is 9.23 Å². The molecule has 0 aromatic heterocycles. The van der Waals surface area contributed by atoms with E-state index in [-0.39, 0.29) is 0 Å². The van der Waals surface area contributed by atoms with E-state index < -0.39 is 0 Å². The van der Waals surface area contributed by atoms with Crippen molar-refractivity contribution in [3.05, 3.63) is 57.0 Å². The summed E-state index contributed by atoms with van der Waals surface area (Å²) in [6, 6.07) is 14.4. The predicted molar refractivity (Wildman–Crippen MR) is 84.4 cm³/mol. The molecule has 0 heterocycles. The van der Waals surface area contributed by atoms with Crippen LogP contribution in [0.3, 0.4) is 0 Å². The molecule has 2 rings (SSSR count). The van der Waals surface area contributed by atoms with E-state index in [1.165, 1.54) is 10.5 Å². The van der Waals surface area contributed by atoms with Crippen molar-refractivity contribution >= 4 is 43.6 Å². The first kappa shape index (κ1) is 14.0. The highest BCUT2D eigenvalue weighted by Crippen LogP contribution is 2.32. The lowest BCUT2D eigenvalue weighted by atomic mass is 10.2. The molecule has 18 heavy (non-hydrogen) atoms. The standard InChI is InChI=1S/C14H12Br2OS/c1-17-13-7-6-10(8-12(13)16)9-18-14-5-3-2-4-11(14)15/h2-8H,9H2,1H3. The van der Waals surface area contributed by atoms with Crippen LogP contribution in [0.25, 0.3) is 0 Å². The van der Waals surface area contributed by atoms with E-state index in [9.17, 15) is 0 Å². The summed E-state index contributed by atoms with van der Waals surface area (Å²) in [5.74, 6) is 1.80. The predicted octanol–water partition coefficient (Wildman–Crippen LogP) is 5.51. The first-order valence-corrected chi connectivity index (χ1v) is 7.97. The SMILES string of the molecule is COc1ccc(CSc2ccccc2Br)cc1Br. The molecular formula is C14H12Br2OS. The van der Waals surface area contributed by atoms with Crippen molar-refractivity contribution in [1.29, 1.82) is 0 Å². The van der Waals surface area contributed by atoms with Crippen LogP contribution < -0.4 is 4.74 Å². The Balaban J connectivity index is 2.07. The Hall–Kier alpha value is -0.450. The van der Waals surface area contributed by atoms with Gasteiger partial charge in [-0.3, -0.25) is 0 Å². The van der Waals surface area contributed by atoms with Gasteiger partial charge in [-0.05, 0) is 61.7 Å². The summed E-state index contributed by atoms with van der Waals surface area (Å²) in [7, 11) is 1.68. The van der Waals surface area contributed by atoms with Gasteiger partial charge in [0.2, 0.25) is 0 Å². The van der Waals surface area contributed by atoms with Gasteiger partial charge in [0.1, 0.15) is 5.75 Å². The van der Waals surface area contributed by atoms with E-state index >= 15 is 0 Å². The molecule has 0 radical (unpaired) electrons. The summed E-state index contributed by atoms with van der Waals surface area (Å²) < 4.78 is 7.36. The van der Waals surface area contributed by atoms with Crippen molar-refractivity contribution in [3.63, 3.8) is 0 Å². The maximum absolute atomic E-state index is 5.22.